The minimum absolute atomic E-state index is 0.254. The first-order valence-electron chi connectivity index (χ1n) is 4.49. The highest BCUT2D eigenvalue weighted by Crippen LogP contribution is 2.41. The van der Waals surface area contributed by atoms with E-state index in [1.54, 1.807) is 6.07 Å². The molecule has 1 heterocycles. The molecule has 1 atom stereocenters. The third-order valence-corrected chi connectivity index (χ3v) is 4.24. The van der Waals surface area contributed by atoms with Crippen LogP contribution in [-0.2, 0) is 14.3 Å². The standard InChI is InChI=1S/C10H8INO3S/c1-15-10(14)8-6-4-2-3-5-7(6)16-12(11)9(8)13/h2-5,8H,1H3. The SMILES string of the molecule is COC(=O)C1C(=O)N(I)Sc2ccccc21. The predicted molar refractivity (Wildman–Crippen MR) is 67.9 cm³/mol. The third kappa shape index (κ3) is 1.91. The van der Waals surface area contributed by atoms with Gasteiger partial charge in [0.25, 0.3) is 5.91 Å². The first-order valence-corrected chi connectivity index (χ1v) is 6.23. The Balaban J connectivity index is 2.50. The van der Waals surface area contributed by atoms with Gasteiger partial charge in [-0.3, -0.25) is 9.59 Å². The van der Waals surface area contributed by atoms with E-state index in [-0.39, 0.29) is 5.91 Å². The van der Waals surface area contributed by atoms with E-state index in [9.17, 15) is 9.59 Å². The molecule has 0 aliphatic carbocycles. The van der Waals surface area contributed by atoms with E-state index < -0.39 is 11.9 Å². The number of fused-ring (bicyclic) bond motifs is 1. The Bertz CT molecular complexity index is 451. The second-order valence-corrected chi connectivity index (χ2v) is 5.78. The molecule has 84 valence electrons. The van der Waals surface area contributed by atoms with Crippen molar-refractivity contribution in [1.82, 2.24) is 2.52 Å². The molecule has 1 aromatic carbocycles. The number of hydrogen-bond acceptors (Lipinski definition) is 4. The number of methoxy groups -OCH3 is 1. The molecule has 1 aliphatic heterocycles. The summed E-state index contributed by atoms with van der Waals surface area (Å²) < 4.78 is 6.10. The number of ether oxygens (including phenoxy) is 1. The average Bonchev–Trinajstić information content (AvgIpc) is 2.30. The van der Waals surface area contributed by atoms with Crippen LogP contribution in [0.15, 0.2) is 29.2 Å². The largest absolute Gasteiger partial charge is 0.468 e. The second-order valence-electron chi connectivity index (χ2n) is 3.17. The van der Waals surface area contributed by atoms with Gasteiger partial charge < -0.3 is 4.74 Å². The van der Waals surface area contributed by atoms with Gasteiger partial charge in [-0.05, 0) is 11.6 Å². The molecule has 0 saturated carbocycles. The number of benzene rings is 1. The zero-order chi connectivity index (χ0) is 11.7. The highest BCUT2D eigenvalue weighted by Gasteiger charge is 2.38. The van der Waals surface area contributed by atoms with Gasteiger partial charge in [0.2, 0.25) is 0 Å². The van der Waals surface area contributed by atoms with E-state index in [1.807, 2.05) is 41.1 Å². The molecule has 0 spiro atoms. The summed E-state index contributed by atoms with van der Waals surface area (Å²) in [7, 11) is 1.29. The van der Waals surface area contributed by atoms with Gasteiger partial charge >= 0.3 is 5.97 Å². The van der Waals surface area contributed by atoms with E-state index in [0.717, 1.165) is 10.5 Å². The Hall–Kier alpha value is -0.760. The summed E-state index contributed by atoms with van der Waals surface area (Å²) in [6.45, 7) is 0. The maximum atomic E-state index is 11.9. The number of esters is 1. The molecular weight excluding hydrogens is 341 g/mol. The Morgan fingerprint density at radius 1 is 1.50 bits per heavy atom. The second kappa shape index (κ2) is 4.62. The van der Waals surface area contributed by atoms with Crippen LogP contribution in [0.5, 0.6) is 0 Å². The van der Waals surface area contributed by atoms with E-state index in [0.29, 0.717) is 0 Å². The number of halogens is 1. The smallest absolute Gasteiger partial charge is 0.322 e. The lowest BCUT2D eigenvalue weighted by atomic mass is 9.98. The van der Waals surface area contributed by atoms with Crippen molar-refractivity contribution in [3.63, 3.8) is 0 Å². The fourth-order valence-corrected chi connectivity index (χ4v) is 3.23. The van der Waals surface area contributed by atoms with Crippen molar-refractivity contribution in [3.8, 4) is 0 Å². The summed E-state index contributed by atoms with van der Waals surface area (Å²) in [6.07, 6.45) is 0. The fraction of sp³-hybridized carbons (Fsp3) is 0.200. The molecular formula is C10H8INO3S. The molecule has 1 aromatic rings. The maximum Gasteiger partial charge on any atom is 0.322 e. The predicted octanol–water partition coefficient (Wildman–Crippen LogP) is 2.14. The van der Waals surface area contributed by atoms with Gasteiger partial charge in [-0.15, -0.1) is 0 Å². The monoisotopic (exact) mass is 349 g/mol. The third-order valence-electron chi connectivity index (χ3n) is 2.27. The quantitative estimate of drug-likeness (QED) is 0.256. The number of nitrogens with zero attached hydrogens (tertiary/aromatic N) is 1. The Morgan fingerprint density at radius 2 is 2.19 bits per heavy atom. The molecule has 0 saturated heterocycles. The lowest BCUT2D eigenvalue weighted by Crippen LogP contribution is -2.33. The number of carbonyl (C=O) groups excluding carboxylic acids is 2. The topological polar surface area (TPSA) is 46.6 Å². The highest BCUT2D eigenvalue weighted by molar-refractivity contribution is 14.1. The molecule has 4 nitrogen and oxygen atoms in total. The molecule has 0 N–H and O–H groups in total. The summed E-state index contributed by atoms with van der Waals surface area (Å²) >= 11 is 3.20. The van der Waals surface area contributed by atoms with Gasteiger partial charge in [0.05, 0.1) is 30.0 Å². The normalized spacial score (nSPS) is 19.2. The van der Waals surface area contributed by atoms with E-state index in [1.165, 1.54) is 21.6 Å². The van der Waals surface area contributed by atoms with E-state index >= 15 is 0 Å². The number of rotatable bonds is 1. The molecule has 0 aromatic heterocycles. The van der Waals surface area contributed by atoms with E-state index in [2.05, 4.69) is 4.74 Å². The van der Waals surface area contributed by atoms with Gasteiger partial charge in [0, 0.05) is 16.8 Å². The van der Waals surface area contributed by atoms with Gasteiger partial charge in [0.1, 0.15) is 0 Å². The summed E-state index contributed by atoms with van der Waals surface area (Å²) in [5.41, 5.74) is 0.720. The Kier molecular flexibility index (Phi) is 3.38. The average molecular weight is 349 g/mol. The fourth-order valence-electron chi connectivity index (χ4n) is 1.51. The molecule has 0 radical (unpaired) electrons. The number of hydrogen-bond donors (Lipinski definition) is 0. The summed E-state index contributed by atoms with van der Waals surface area (Å²) in [5.74, 6) is -1.60. The lowest BCUT2D eigenvalue weighted by molar-refractivity contribution is -0.146. The van der Waals surface area contributed by atoms with Crippen molar-refractivity contribution in [1.29, 1.82) is 0 Å². The Labute approximate surface area is 111 Å². The van der Waals surface area contributed by atoms with Crippen molar-refractivity contribution in [2.24, 2.45) is 0 Å². The summed E-state index contributed by atoms with van der Waals surface area (Å²) in [6, 6.07) is 7.35. The zero-order valence-corrected chi connectivity index (χ0v) is 11.3. The first-order chi connectivity index (χ1) is 7.65. The molecule has 0 fully saturated rings. The zero-order valence-electron chi connectivity index (χ0n) is 8.34. The van der Waals surface area contributed by atoms with Crippen LogP contribution in [-0.4, -0.2) is 21.5 Å². The van der Waals surface area contributed by atoms with Gasteiger partial charge in [-0.1, -0.05) is 18.2 Å². The van der Waals surface area contributed by atoms with Gasteiger partial charge in [-0.25, -0.2) is 2.52 Å². The van der Waals surface area contributed by atoms with Crippen LogP contribution in [0.25, 0.3) is 0 Å². The van der Waals surface area contributed by atoms with Gasteiger partial charge in [0.15, 0.2) is 5.92 Å². The summed E-state index contributed by atoms with van der Waals surface area (Å²) in [4.78, 5) is 24.4. The van der Waals surface area contributed by atoms with Crippen LogP contribution >= 0.6 is 34.8 Å². The van der Waals surface area contributed by atoms with Crippen molar-refractivity contribution < 1.29 is 14.3 Å². The molecule has 16 heavy (non-hydrogen) atoms. The van der Waals surface area contributed by atoms with Gasteiger partial charge in [-0.2, -0.15) is 0 Å². The van der Waals surface area contributed by atoms with Crippen LogP contribution in [0, 0.1) is 0 Å². The molecule has 1 aliphatic rings. The minimum atomic E-state index is -0.834. The first kappa shape index (κ1) is 11.7. The Morgan fingerprint density at radius 3 is 2.88 bits per heavy atom. The molecule has 6 heteroatoms. The number of amides is 1. The van der Waals surface area contributed by atoms with Crippen LogP contribution in [0.2, 0.25) is 0 Å². The van der Waals surface area contributed by atoms with Crippen molar-refractivity contribution in [2.45, 2.75) is 10.8 Å². The molecule has 1 amide bonds. The lowest BCUT2D eigenvalue weighted by Gasteiger charge is -2.26. The maximum absolute atomic E-state index is 11.9. The van der Waals surface area contributed by atoms with E-state index in [4.69, 9.17) is 0 Å². The van der Waals surface area contributed by atoms with Crippen LogP contribution in [0.3, 0.4) is 0 Å². The molecule has 2 rings (SSSR count). The molecule has 0 bridgehead atoms. The molecule has 1 unspecified atom stereocenters. The van der Waals surface area contributed by atoms with Crippen molar-refractivity contribution in [3.05, 3.63) is 29.8 Å². The minimum Gasteiger partial charge on any atom is -0.468 e. The van der Waals surface area contributed by atoms with Crippen LogP contribution < -0.4 is 0 Å². The summed E-state index contributed by atoms with van der Waals surface area (Å²) in [5, 5.41) is 0. The van der Waals surface area contributed by atoms with Crippen molar-refractivity contribution in [2.75, 3.05) is 7.11 Å². The van der Waals surface area contributed by atoms with Crippen LogP contribution in [0.4, 0.5) is 0 Å². The van der Waals surface area contributed by atoms with Crippen molar-refractivity contribution >= 4 is 46.7 Å². The number of carbonyl (C=O) groups is 2. The highest BCUT2D eigenvalue weighted by atomic mass is 127. The van der Waals surface area contributed by atoms with Crippen LogP contribution in [0.1, 0.15) is 11.5 Å².